The fraction of sp³-hybridized carbons (Fsp3) is 0.0588. The van der Waals surface area contributed by atoms with Crippen LogP contribution in [-0.2, 0) is 10.5 Å². The predicted molar refractivity (Wildman–Crippen MR) is 98.8 cm³/mol. The van der Waals surface area contributed by atoms with Crippen LogP contribution in [0.25, 0.3) is 6.08 Å². The molecule has 0 saturated carbocycles. The Morgan fingerprint density at radius 3 is 2.58 bits per heavy atom. The van der Waals surface area contributed by atoms with E-state index in [1.807, 2.05) is 30.3 Å². The lowest BCUT2D eigenvalue weighted by Gasteiger charge is -1.98. The van der Waals surface area contributed by atoms with E-state index in [9.17, 15) is 14.9 Å². The van der Waals surface area contributed by atoms with E-state index in [0.29, 0.717) is 9.94 Å². The van der Waals surface area contributed by atoms with E-state index in [2.05, 4.69) is 4.99 Å². The van der Waals surface area contributed by atoms with Gasteiger partial charge in [-0.05, 0) is 29.5 Å². The van der Waals surface area contributed by atoms with Crippen LogP contribution in [0.4, 0.5) is 5.69 Å². The summed E-state index contributed by atoms with van der Waals surface area (Å²) >= 11 is 2.55. The number of benzene rings is 2. The minimum absolute atomic E-state index is 0.0385. The van der Waals surface area contributed by atoms with E-state index in [-0.39, 0.29) is 16.5 Å². The molecule has 0 bridgehead atoms. The highest BCUT2D eigenvalue weighted by atomic mass is 32.2. The van der Waals surface area contributed by atoms with Gasteiger partial charge in [-0.3, -0.25) is 14.9 Å². The third-order valence-corrected chi connectivity index (χ3v) is 5.31. The van der Waals surface area contributed by atoms with Crippen LogP contribution >= 0.6 is 23.5 Å². The van der Waals surface area contributed by atoms with Crippen LogP contribution in [0.5, 0.6) is 0 Å². The number of hydrogen-bond donors (Lipinski definition) is 0. The van der Waals surface area contributed by atoms with Crippen LogP contribution in [0, 0.1) is 10.1 Å². The second-order valence-corrected chi connectivity index (χ2v) is 7.07. The Morgan fingerprint density at radius 1 is 1.12 bits per heavy atom. The van der Waals surface area contributed by atoms with E-state index in [0.717, 1.165) is 23.1 Å². The number of nitro benzene ring substituents is 1. The predicted octanol–water partition coefficient (Wildman–Crippen LogP) is 4.50. The molecule has 1 heterocycles. The first-order valence-corrected chi connectivity index (χ1v) is 8.86. The quantitative estimate of drug-likeness (QED) is 0.458. The maximum absolute atomic E-state index is 12.1. The molecule has 1 aliphatic rings. The average Bonchev–Trinajstić information content (AvgIpc) is 2.94. The molecule has 2 aromatic carbocycles. The van der Waals surface area contributed by atoms with Crippen LogP contribution in [0.1, 0.15) is 11.1 Å². The Bertz CT molecular complexity index is 848. The van der Waals surface area contributed by atoms with Gasteiger partial charge in [-0.25, -0.2) is 4.99 Å². The van der Waals surface area contributed by atoms with Gasteiger partial charge in [0.25, 0.3) is 5.69 Å². The molecule has 0 amide bonds. The van der Waals surface area contributed by atoms with Gasteiger partial charge in [0.15, 0.2) is 0 Å². The van der Waals surface area contributed by atoms with Crippen molar-refractivity contribution in [3.63, 3.8) is 0 Å². The molecule has 0 aliphatic carbocycles. The normalized spacial score (nSPS) is 15.6. The summed E-state index contributed by atoms with van der Waals surface area (Å²) < 4.78 is 0.661. The second kappa shape index (κ2) is 7.46. The number of nitrogens with zero attached hydrogens (tertiary/aromatic N) is 2. The zero-order chi connectivity index (χ0) is 16.9. The monoisotopic (exact) mass is 356 g/mol. The molecule has 5 nitrogen and oxygen atoms in total. The van der Waals surface area contributed by atoms with Gasteiger partial charge >= 0.3 is 0 Å². The van der Waals surface area contributed by atoms with Crippen molar-refractivity contribution >= 4 is 44.8 Å². The minimum Gasteiger partial charge on any atom is -0.279 e. The number of nitro groups is 1. The van der Waals surface area contributed by atoms with Crippen LogP contribution in [0.2, 0.25) is 0 Å². The summed E-state index contributed by atoms with van der Waals surface area (Å²) in [6.45, 7) is 0. The van der Waals surface area contributed by atoms with Crippen molar-refractivity contribution < 1.29 is 9.72 Å². The Kier molecular flexibility index (Phi) is 5.12. The van der Waals surface area contributed by atoms with E-state index in [1.54, 1.807) is 18.2 Å². The fourth-order valence-electron chi connectivity index (χ4n) is 2.09. The van der Waals surface area contributed by atoms with E-state index in [4.69, 9.17) is 0 Å². The highest BCUT2D eigenvalue weighted by Gasteiger charge is 2.23. The molecule has 24 heavy (non-hydrogen) atoms. The van der Waals surface area contributed by atoms with Crippen LogP contribution < -0.4 is 0 Å². The third-order valence-electron chi connectivity index (χ3n) is 3.23. The minimum atomic E-state index is -0.465. The highest BCUT2D eigenvalue weighted by Crippen LogP contribution is 2.33. The molecule has 0 unspecified atom stereocenters. The summed E-state index contributed by atoms with van der Waals surface area (Å²) in [6, 6.07) is 16.2. The van der Waals surface area contributed by atoms with Gasteiger partial charge in [0.1, 0.15) is 10.1 Å². The molecule has 0 saturated heterocycles. The number of hydrogen-bond acceptors (Lipinski definition) is 6. The first kappa shape index (κ1) is 16.5. The molecule has 7 heteroatoms. The van der Waals surface area contributed by atoms with Crippen molar-refractivity contribution in [1.29, 1.82) is 0 Å². The standard InChI is InChI=1S/C17H12N2O3S2/c20-16-14(10-13-8-4-5-9-15(13)19(21)22)18-17(24-16)23-11-12-6-2-1-3-7-12/h1-10H,11H2/b14-10-. The number of aliphatic imine (C=N–C) groups is 1. The van der Waals surface area contributed by atoms with Crippen molar-refractivity contribution in [3.8, 4) is 0 Å². The molecule has 0 atom stereocenters. The number of para-hydroxylation sites is 1. The zero-order valence-corrected chi connectivity index (χ0v) is 14.0. The highest BCUT2D eigenvalue weighted by molar-refractivity contribution is 8.45. The molecule has 0 aromatic heterocycles. The van der Waals surface area contributed by atoms with Crippen LogP contribution in [0.15, 0.2) is 65.3 Å². The lowest BCUT2D eigenvalue weighted by atomic mass is 10.1. The van der Waals surface area contributed by atoms with Gasteiger partial charge in [0.2, 0.25) is 5.12 Å². The summed E-state index contributed by atoms with van der Waals surface area (Å²) in [7, 11) is 0. The molecule has 0 spiro atoms. The molecule has 0 fully saturated rings. The first-order valence-electron chi connectivity index (χ1n) is 7.06. The smallest absolute Gasteiger partial charge is 0.276 e. The molecule has 0 radical (unpaired) electrons. The number of carbonyl (C=O) groups excluding carboxylic acids is 1. The average molecular weight is 356 g/mol. The number of thioether (sulfide) groups is 2. The van der Waals surface area contributed by atoms with Crippen LogP contribution in [-0.4, -0.2) is 14.4 Å². The van der Waals surface area contributed by atoms with Gasteiger partial charge in [-0.1, -0.05) is 54.2 Å². The zero-order valence-electron chi connectivity index (χ0n) is 12.4. The fourth-order valence-corrected chi connectivity index (χ4v) is 3.89. The molecular weight excluding hydrogens is 344 g/mol. The second-order valence-electron chi connectivity index (χ2n) is 4.89. The molecule has 3 rings (SSSR count). The van der Waals surface area contributed by atoms with Crippen LogP contribution in [0.3, 0.4) is 0 Å². The molecule has 2 aromatic rings. The Balaban J connectivity index is 1.78. The molecule has 1 aliphatic heterocycles. The Morgan fingerprint density at radius 2 is 1.83 bits per heavy atom. The summed E-state index contributed by atoms with van der Waals surface area (Å²) in [6.07, 6.45) is 1.48. The summed E-state index contributed by atoms with van der Waals surface area (Å²) in [5, 5.41) is 10.9. The van der Waals surface area contributed by atoms with Crippen molar-refractivity contribution in [2.45, 2.75) is 5.75 Å². The van der Waals surface area contributed by atoms with Gasteiger partial charge in [0.05, 0.1) is 10.5 Å². The largest absolute Gasteiger partial charge is 0.279 e. The molecule has 120 valence electrons. The van der Waals surface area contributed by atoms with Crippen molar-refractivity contribution in [2.24, 2.45) is 4.99 Å². The maximum Gasteiger partial charge on any atom is 0.276 e. The third kappa shape index (κ3) is 3.93. The Hall–Kier alpha value is -2.38. The first-order chi connectivity index (χ1) is 11.6. The topological polar surface area (TPSA) is 72.6 Å². The SMILES string of the molecule is O=C1SC(SCc2ccccc2)=N/C1=C\c1ccccc1[N+](=O)[O-]. The molecular formula is C17H12N2O3S2. The van der Waals surface area contributed by atoms with E-state index in [1.165, 1.54) is 23.9 Å². The van der Waals surface area contributed by atoms with Gasteiger partial charge in [0, 0.05) is 11.8 Å². The van der Waals surface area contributed by atoms with Gasteiger partial charge in [-0.2, -0.15) is 0 Å². The summed E-state index contributed by atoms with van der Waals surface area (Å²) in [5.41, 5.74) is 1.73. The van der Waals surface area contributed by atoms with Gasteiger partial charge in [-0.15, -0.1) is 0 Å². The van der Waals surface area contributed by atoms with E-state index >= 15 is 0 Å². The number of rotatable bonds is 4. The Labute approximate surface area is 147 Å². The number of carbonyl (C=O) groups is 1. The van der Waals surface area contributed by atoms with Gasteiger partial charge < -0.3 is 0 Å². The van der Waals surface area contributed by atoms with Crippen molar-refractivity contribution in [3.05, 3.63) is 81.5 Å². The van der Waals surface area contributed by atoms with Crippen molar-refractivity contribution in [2.75, 3.05) is 0 Å². The lowest BCUT2D eigenvalue weighted by Crippen LogP contribution is -1.93. The summed E-state index contributed by atoms with van der Waals surface area (Å²) in [4.78, 5) is 27.0. The summed E-state index contributed by atoms with van der Waals surface area (Å²) in [5.74, 6) is 0.721. The molecule has 0 N–H and O–H groups in total. The van der Waals surface area contributed by atoms with Crippen molar-refractivity contribution in [1.82, 2.24) is 0 Å². The maximum atomic E-state index is 12.1. The van der Waals surface area contributed by atoms with E-state index < -0.39 is 4.92 Å². The lowest BCUT2D eigenvalue weighted by molar-refractivity contribution is -0.385.